The first-order valence-electron chi connectivity index (χ1n) is 4.99. The van der Waals surface area contributed by atoms with Gasteiger partial charge in [-0.05, 0) is 25.7 Å². The van der Waals surface area contributed by atoms with E-state index < -0.39 is 5.41 Å². The van der Waals surface area contributed by atoms with Crippen molar-refractivity contribution in [1.29, 1.82) is 5.26 Å². The van der Waals surface area contributed by atoms with E-state index in [2.05, 4.69) is 12.1 Å². The van der Waals surface area contributed by atoms with Gasteiger partial charge in [0, 0.05) is 5.92 Å². The van der Waals surface area contributed by atoms with E-state index in [1.54, 1.807) is 6.92 Å². The molecule has 0 aliphatic heterocycles. The van der Waals surface area contributed by atoms with Crippen LogP contribution in [0.25, 0.3) is 0 Å². The van der Waals surface area contributed by atoms with E-state index in [1.807, 2.05) is 6.08 Å². The maximum atomic E-state index is 11.7. The van der Waals surface area contributed by atoms with Crippen LogP contribution in [0.4, 0.5) is 0 Å². The molecule has 2 rings (SSSR count). The molecule has 2 aliphatic rings. The Balaban J connectivity index is 2.25. The number of carbonyl (C=O) groups excluding carboxylic acids is 1. The van der Waals surface area contributed by atoms with Crippen LogP contribution in [0.3, 0.4) is 0 Å². The number of hydrogen-bond donors (Lipinski definition) is 0. The fourth-order valence-corrected chi connectivity index (χ4v) is 2.53. The van der Waals surface area contributed by atoms with Gasteiger partial charge in [0.2, 0.25) is 0 Å². The molecule has 74 valence electrons. The van der Waals surface area contributed by atoms with E-state index in [0.717, 1.165) is 6.42 Å². The van der Waals surface area contributed by atoms with Crippen molar-refractivity contribution in [3.8, 4) is 6.07 Å². The molecule has 0 aromatic carbocycles. The number of ether oxygens (including phenoxy) is 1. The van der Waals surface area contributed by atoms with Gasteiger partial charge in [-0.3, -0.25) is 4.79 Å². The zero-order valence-electron chi connectivity index (χ0n) is 8.19. The maximum absolute atomic E-state index is 11.7. The van der Waals surface area contributed by atoms with Gasteiger partial charge < -0.3 is 4.74 Å². The number of rotatable bonds is 2. The van der Waals surface area contributed by atoms with Crippen LogP contribution in [-0.4, -0.2) is 12.6 Å². The second-order valence-electron chi connectivity index (χ2n) is 3.99. The van der Waals surface area contributed by atoms with E-state index in [0.29, 0.717) is 18.9 Å². The SMILES string of the molecule is CCOC(=O)C1(C#N)CC2C=CC1C2. The second-order valence-corrected chi connectivity index (χ2v) is 3.99. The lowest BCUT2D eigenvalue weighted by atomic mass is 9.77. The maximum Gasteiger partial charge on any atom is 0.327 e. The van der Waals surface area contributed by atoms with Crippen LogP contribution in [-0.2, 0) is 9.53 Å². The predicted molar refractivity (Wildman–Crippen MR) is 50.0 cm³/mol. The predicted octanol–water partition coefficient (Wildman–Crippen LogP) is 1.66. The molecule has 0 saturated heterocycles. The third-order valence-corrected chi connectivity index (χ3v) is 3.23. The highest BCUT2D eigenvalue weighted by Gasteiger charge is 2.55. The number of fused-ring (bicyclic) bond motifs is 2. The van der Waals surface area contributed by atoms with Crippen LogP contribution in [0.1, 0.15) is 19.8 Å². The topological polar surface area (TPSA) is 50.1 Å². The van der Waals surface area contributed by atoms with Gasteiger partial charge in [0.15, 0.2) is 5.41 Å². The third kappa shape index (κ3) is 1.07. The zero-order valence-corrected chi connectivity index (χ0v) is 8.19. The largest absolute Gasteiger partial charge is 0.465 e. The van der Waals surface area contributed by atoms with Crippen molar-refractivity contribution < 1.29 is 9.53 Å². The Labute approximate surface area is 83.4 Å². The van der Waals surface area contributed by atoms with Crippen molar-refractivity contribution >= 4 is 5.97 Å². The summed E-state index contributed by atoms with van der Waals surface area (Å²) < 4.78 is 4.98. The molecule has 3 heteroatoms. The molecule has 2 bridgehead atoms. The molecular weight excluding hydrogens is 178 g/mol. The summed E-state index contributed by atoms with van der Waals surface area (Å²) in [7, 11) is 0. The van der Waals surface area contributed by atoms with Gasteiger partial charge in [-0.2, -0.15) is 5.26 Å². The van der Waals surface area contributed by atoms with Crippen LogP contribution >= 0.6 is 0 Å². The first-order valence-corrected chi connectivity index (χ1v) is 4.99. The van der Waals surface area contributed by atoms with Crippen LogP contribution in [0.2, 0.25) is 0 Å². The standard InChI is InChI=1S/C11H13NO2/c1-2-14-10(13)11(7-12)6-8-3-4-9(11)5-8/h3-4,8-9H,2,5-6H2,1H3. The van der Waals surface area contributed by atoms with Gasteiger partial charge in [-0.25, -0.2) is 0 Å². The number of nitriles is 1. The minimum Gasteiger partial charge on any atom is -0.465 e. The molecule has 1 fully saturated rings. The molecule has 2 aliphatic carbocycles. The molecule has 14 heavy (non-hydrogen) atoms. The average molecular weight is 191 g/mol. The molecule has 0 radical (unpaired) electrons. The lowest BCUT2D eigenvalue weighted by molar-refractivity contribution is -0.153. The van der Waals surface area contributed by atoms with Crippen molar-refractivity contribution in [3.63, 3.8) is 0 Å². The summed E-state index contributed by atoms with van der Waals surface area (Å²) in [5.41, 5.74) is -0.880. The van der Waals surface area contributed by atoms with Crippen molar-refractivity contribution in [2.75, 3.05) is 6.61 Å². The number of nitrogens with zero attached hydrogens (tertiary/aromatic N) is 1. The van der Waals surface area contributed by atoms with E-state index in [-0.39, 0.29) is 11.9 Å². The van der Waals surface area contributed by atoms with Crippen LogP contribution in [0, 0.1) is 28.6 Å². The van der Waals surface area contributed by atoms with E-state index in [4.69, 9.17) is 10.00 Å². The van der Waals surface area contributed by atoms with Gasteiger partial charge in [-0.15, -0.1) is 0 Å². The fourth-order valence-electron chi connectivity index (χ4n) is 2.53. The Bertz CT molecular complexity index is 329. The first-order chi connectivity index (χ1) is 6.73. The minimum atomic E-state index is -0.880. The smallest absolute Gasteiger partial charge is 0.327 e. The summed E-state index contributed by atoms with van der Waals surface area (Å²) in [6, 6.07) is 2.17. The highest BCUT2D eigenvalue weighted by molar-refractivity contribution is 5.81. The summed E-state index contributed by atoms with van der Waals surface area (Å²) in [6.45, 7) is 2.12. The summed E-state index contributed by atoms with van der Waals surface area (Å²) in [5.74, 6) is 0.153. The van der Waals surface area contributed by atoms with Gasteiger partial charge in [-0.1, -0.05) is 12.2 Å². The number of allylic oxidation sites excluding steroid dienone is 2. The highest BCUT2D eigenvalue weighted by Crippen LogP contribution is 2.52. The Kier molecular flexibility index (Phi) is 2.07. The Morgan fingerprint density at radius 3 is 2.93 bits per heavy atom. The number of esters is 1. The van der Waals surface area contributed by atoms with Crippen molar-refractivity contribution in [1.82, 2.24) is 0 Å². The molecule has 3 unspecified atom stereocenters. The van der Waals surface area contributed by atoms with Gasteiger partial charge >= 0.3 is 5.97 Å². The van der Waals surface area contributed by atoms with Gasteiger partial charge in [0.25, 0.3) is 0 Å². The molecule has 1 saturated carbocycles. The second kappa shape index (κ2) is 3.13. The third-order valence-electron chi connectivity index (χ3n) is 3.23. The molecule has 0 amide bonds. The highest BCUT2D eigenvalue weighted by atomic mass is 16.5. The quantitative estimate of drug-likeness (QED) is 0.492. The average Bonchev–Trinajstić information content (AvgIpc) is 2.77. The Morgan fingerprint density at radius 1 is 1.71 bits per heavy atom. The molecule has 0 N–H and O–H groups in total. The summed E-state index contributed by atoms with van der Waals surface area (Å²) >= 11 is 0. The van der Waals surface area contributed by atoms with Gasteiger partial charge in [0.05, 0.1) is 12.7 Å². The first kappa shape index (κ1) is 9.26. The minimum absolute atomic E-state index is 0.0801. The normalized spacial score (nSPS) is 38.3. The lowest BCUT2D eigenvalue weighted by Gasteiger charge is -2.25. The molecule has 0 aromatic rings. The zero-order chi connectivity index (χ0) is 10.2. The summed E-state index contributed by atoms with van der Waals surface area (Å²) in [5, 5.41) is 9.15. The van der Waals surface area contributed by atoms with Crippen LogP contribution in [0.5, 0.6) is 0 Å². The van der Waals surface area contributed by atoms with Crippen molar-refractivity contribution in [3.05, 3.63) is 12.2 Å². The molecule has 3 atom stereocenters. The fraction of sp³-hybridized carbons (Fsp3) is 0.636. The summed E-state index contributed by atoms with van der Waals surface area (Å²) in [4.78, 5) is 11.7. The molecule has 0 heterocycles. The van der Waals surface area contributed by atoms with Crippen LogP contribution < -0.4 is 0 Å². The monoisotopic (exact) mass is 191 g/mol. The molecular formula is C11H13NO2. The van der Waals surface area contributed by atoms with Crippen molar-refractivity contribution in [2.45, 2.75) is 19.8 Å². The van der Waals surface area contributed by atoms with E-state index in [1.165, 1.54) is 0 Å². The molecule has 0 spiro atoms. The number of carbonyl (C=O) groups is 1. The molecule has 0 aromatic heterocycles. The van der Waals surface area contributed by atoms with E-state index >= 15 is 0 Å². The Morgan fingerprint density at radius 2 is 2.50 bits per heavy atom. The number of hydrogen-bond acceptors (Lipinski definition) is 3. The van der Waals surface area contributed by atoms with Crippen LogP contribution in [0.15, 0.2) is 12.2 Å². The molecule has 3 nitrogen and oxygen atoms in total. The Hall–Kier alpha value is -1.30. The van der Waals surface area contributed by atoms with Gasteiger partial charge in [0.1, 0.15) is 0 Å². The van der Waals surface area contributed by atoms with Crippen molar-refractivity contribution in [2.24, 2.45) is 17.3 Å². The summed E-state index contributed by atoms with van der Waals surface area (Å²) in [6.07, 6.45) is 5.68. The van der Waals surface area contributed by atoms with E-state index in [9.17, 15) is 4.79 Å². The lowest BCUT2D eigenvalue weighted by Crippen LogP contribution is -2.35.